The molecule has 0 aliphatic heterocycles. The monoisotopic (exact) mass is 213 g/mol. The Bertz CT molecular complexity index is 703. The number of carbonyl (C=O) groups is 1. The molecule has 0 fully saturated rings. The van der Waals surface area contributed by atoms with Crippen molar-refractivity contribution in [2.24, 2.45) is 0 Å². The van der Waals surface area contributed by atoms with Crippen molar-refractivity contribution >= 4 is 22.5 Å². The molecule has 0 unspecified atom stereocenters. The van der Waals surface area contributed by atoms with Gasteiger partial charge in [-0.1, -0.05) is 18.2 Å². The number of hydrogen-bond acceptors (Lipinski definition) is 3. The molecule has 5 nitrogen and oxygen atoms in total. The summed E-state index contributed by atoms with van der Waals surface area (Å²) in [7, 11) is 0. The van der Waals surface area contributed by atoms with Gasteiger partial charge in [-0.25, -0.2) is 14.3 Å². The molecule has 0 aliphatic rings. The van der Waals surface area contributed by atoms with E-state index < -0.39 is 5.97 Å². The molecule has 0 saturated heterocycles. The maximum atomic E-state index is 10.8. The predicted molar refractivity (Wildman–Crippen MR) is 57.5 cm³/mol. The number of aromatic nitrogens is 3. The second-order valence-corrected chi connectivity index (χ2v) is 3.42. The van der Waals surface area contributed by atoms with E-state index in [0.717, 1.165) is 10.9 Å². The van der Waals surface area contributed by atoms with Gasteiger partial charge in [0.25, 0.3) is 0 Å². The zero-order valence-electron chi connectivity index (χ0n) is 8.16. The van der Waals surface area contributed by atoms with E-state index in [1.54, 1.807) is 10.7 Å². The molecule has 3 aromatic rings. The molecule has 0 radical (unpaired) electrons. The molecule has 0 spiro atoms. The zero-order valence-corrected chi connectivity index (χ0v) is 8.16. The molecule has 1 aromatic carbocycles. The lowest BCUT2D eigenvalue weighted by Crippen LogP contribution is -1.98. The van der Waals surface area contributed by atoms with Gasteiger partial charge < -0.3 is 5.11 Å². The maximum absolute atomic E-state index is 10.8. The largest absolute Gasteiger partial charge is 0.476 e. The summed E-state index contributed by atoms with van der Waals surface area (Å²) in [4.78, 5) is 15.0. The minimum absolute atomic E-state index is 0.00357. The molecule has 0 amide bonds. The van der Waals surface area contributed by atoms with Gasteiger partial charge in [-0.2, -0.15) is 5.10 Å². The third-order valence-corrected chi connectivity index (χ3v) is 2.41. The summed E-state index contributed by atoms with van der Waals surface area (Å²) in [5.41, 5.74) is 1.39. The average Bonchev–Trinajstić information content (AvgIpc) is 2.73. The van der Waals surface area contributed by atoms with Gasteiger partial charge in [0.15, 0.2) is 11.3 Å². The molecule has 0 bridgehead atoms. The van der Waals surface area contributed by atoms with Crippen LogP contribution in [-0.2, 0) is 0 Å². The zero-order chi connectivity index (χ0) is 11.1. The Morgan fingerprint density at radius 2 is 2.12 bits per heavy atom. The van der Waals surface area contributed by atoms with Crippen LogP contribution in [0.4, 0.5) is 0 Å². The van der Waals surface area contributed by atoms with E-state index in [0.29, 0.717) is 5.65 Å². The van der Waals surface area contributed by atoms with Crippen molar-refractivity contribution in [2.75, 3.05) is 0 Å². The van der Waals surface area contributed by atoms with Crippen LogP contribution in [0.15, 0.2) is 36.5 Å². The highest BCUT2D eigenvalue weighted by atomic mass is 16.4. The maximum Gasteiger partial charge on any atom is 0.356 e. The number of benzene rings is 1. The SMILES string of the molecule is O=C(O)c1cc2ncc3ccccc3n2n1. The van der Waals surface area contributed by atoms with E-state index in [1.165, 1.54) is 6.07 Å². The first-order valence-corrected chi connectivity index (χ1v) is 4.72. The van der Waals surface area contributed by atoms with Crippen LogP contribution in [-0.4, -0.2) is 25.7 Å². The van der Waals surface area contributed by atoms with Crippen molar-refractivity contribution in [1.29, 1.82) is 0 Å². The summed E-state index contributed by atoms with van der Waals surface area (Å²) in [5.74, 6) is -1.05. The number of fused-ring (bicyclic) bond motifs is 3. The summed E-state index contributed by atoms with van der Waals surface area (Å²) < 4.78 is 1.54. The van der Waals surface area contributed by atoms with Gasteiger partial charge in [0, 0.05) is 17.6 Å². The molecule has 0 saturated carbocycles. The number of carboxylic acid groups (broad SMARTS) is 1. The predicted octanol–water partition coefficient (Wildman–Crippen LogP) is 1.58. The number of para-hydroxylation sites is 1. The second-order valence-electron chi connectivity index (χ2n) is 3.42. The van der Waals surface area contributed by atoms with Crippen molar-refractivity contribution in [1.82, 2.24) is 14.6 Å². The number of aromatic carboxylic acids is 1. The topological polar surface area (TPSA) is 67.5 Å². The summed E-state index contributed by atoms with van der Waals surface area (Å²) in [6, 6.07) is 9.02. The smallest absolute Gasteiger partial charge is 0.356 e. The van der Waals surface area contributed by atoms with E-state index in [1.807, 2.05) is 24.3 Å². The molecule has 1 N–H and O–H groups in total. The lowest BCUT2D eigenvalue weighted by molar-refractivity contribution is 0.0690. The molecule has 0 atom stereocenters. The van der Waals surface area contributed by atoms with E-state index >= 15 is 0 Å². The van der Waals surface area contributed by atoms with Gasteiger partial charge in [-0.15, -0.1) is 0 Å². The molecule has 78 valence electrons. The Labute approximate surface area is 90.0 Å². The Hall–Kier alpha value is -2.43. The molecule has 16 heavy (non-hydrogen) atoms. The van der Waals surface area contributed by atoms with Crippen LogP contribution < -0.4 is 0 Å². The van der Waals surface area contributed by atoms with Crippen molar-refractivity contribution in [3.05, 3.63) is 42.2 Å². The highest BCUT2D eigenvalue weighted by molar-refractivity contribution is 5.88. The van der Waals surface area contributed by atoms with Gasteiger partial charge in [0.2, 0.25) is 0 Å². The van der Waals surface area contributed by atoms with Gasteiger partial charge >= 0.3 is 5.97 Å². The summed E-state index contributed by atoms with van der Waals surface area (Å²) in [6.07, 6.45) is 1.71. The van der Waals surface area contributed by atoms with Crippen LogP contribution in [0.1, 0.15) is 10.5 Å². The van der Waals surface area contributed by atoms with Gasteiger partial charge in [0.05, 0.1) is 5.52 Å². The van der Waals surface area contributed by atoms with Crippen molar-refractivity contribution in [2.45, 2.75) is 0 Å². The highest BCUT2D eigenvalue weighted by Gasteiger charge is 2.10. The minimum atomic E-state index is -1.05. The third kappa shape index (κ3) is 1.15. The van der Waals surface area contributed by atoms with E-state index in [2.05, 4.69) is 10.1 Å². The van der Waals surface area contributed by atoms with Crippen LogP contribution >= 0.6 is 0 Å². The van der Waals surface area contributed by atoms with E-state index in [9.17, 15) is 4.79 Å². The lowest BCUT2D eigenvalue weighted by atomic mass is 10.2. The number of carboxylic acids is 1. The van der Waals surface area contributed by atoms with Crippen molar-refractivity contribution in [3.63, 3.8) is 0 Å². The van der Waals surface area contributed by atoms with Crippen molar-refractivity contribution in [3.8, 4) is 0 Å². The van der Waals surface area contributed by atoms with Crippen LogP contribution in [0.5, 0.6) is 0 Å². The summed E-state index contributed by atoms with van der Waals surface area (Å²) in [5, 5.41) is 13.8. The van der Waals surface area contributed by atoms with Gasteiger partial charge in [-0.05, 0) is 6.07 Å². The van der Waals surface area contributed by atoms with Crippen LogP contribution in [0.3, 0.4) is 0 Å². The molecular weight excluding hydrogens is 206 g/mol. The number of rotatable bonds is 1. The van der Waals surface area contributed by atoms with E-state index in [-0.39, 0.29) is 5.69 Å². The quantitative estimate of drug-likeness (QED) is 0.666. The van der Waals surface area contributed by atoms with Gasteiger partial charge in [0.1, 0.15) is 0 Å². The van der Waals surface area contributed by atoms with Crippen molar-refractivity contribution < 1.29 is 9.90 Å². The third-order valence-electron chi connectivity index (χ3n) is 2.41. The number of hydrogen-bond donors (Lipinski definition) is 1. The Kier molecular flexibility index (Phi) is 1.67. The fourth-order valence-corrected chi connectivity index (χ4v) is 1.67. The Morgan fingerprint density at radius 3 is 2.94 bits per heavy atom. The second kappa shape index (κ2) is 3.03. The summed E-state index contributed by atoms with van der Waals surface area (Å²) in [6.45, 7) is 0. The summed E-state index contributed by atoms with van der Waals surface area (Å²) >= 11 is 0. The van der Waals surface area contributed by atoms with Crippen LogP contribution in [0.25, 0.3) is 16.6 Å². The normalized spacial score (nSPS) is 11.0. The molecular formula is C11H7N3O2. The first kappa shape index (κ1) is 8.84. The molecule has 2 aromatic heterocycles. The van der Waals surface area contributed by atoms with Gasteiger partial charge in [-0.3, -0.25) is 0 Å². The first-order chi connectivity index (χ1) is 7.75. The molecule has 5 heteroatoms. The fourth-order valence-electron chi connectivity index (χ4n) is 1.67. The highest BCUT2D eigenvalue weighted by Crippen LogP contribution is 2.14. The van der Waals surface area contributed by atoms with E-state index in [4.69, 9.17) is 5.11 Å². The first-order valence-electron chi connectivity index (χ1n) is 4.72. The minimum Gasteiger partial charge on any atom is -0.476 e. The van der Waals surface area contributed by atoms with Crippen LogP contribution in [0, 0.1) is 0 Å². The Balaban J connectivity index is 2.46. The fraction of sp³-hybridized carbons (Fsp3) is 0. The Morgan fingerprint density at radius 1 is 1.31 bits per heavy atom. The molecule has 3 rings (SSSR count). The standard InChI is InChI=1S/C11H7N3O2/c15-11(16)8-5-10-12-6-7-3-1-2-4-9(7)14(10)13-8/h1-6H,(H,15,16). The van der Waals surface area contributed by atoms with Crippen LogP contribution in [0.2, 0.25) is 0 Å². The lowest BCUT2D eigenvalue weighted by Gasteiger charge is -1.98. The number of nitrogens with zero attached hydrogens (tertiary/aromatic N) is 3. The average molecular weight is 213 g/mol. The molecule has 0 aliphatic carbocycles. The molecule has 2 heterocycles.